The summed E-state index contributed by atoms with van der Waals surface area (Å²) in [6, 6.07) is 1.97. The lowest BCUT2D eigenvalue weighted by Crippen LogP contribution is -2.38. The third kappa shape index (κ3) is 3.08. The highest BCUT2D eigenvalue weighted by Crippen LogP contribution is 2.32. The molecule has 0 amide bonds. The molecule has 0 unspecified atom stereocenters. The molecule has 0 atom stereocenters. The maximum Gasteiger partial charge on any atom is 0.333 e. The molecule has 0 radical (unpaired) electrons. The number of piperidine rings is 1. The van der Waals surface area contributed by atoms with Crippen LogP contribution in [0.4, 0.5) is 8.78 Å². The average molecular weight is 410 g/mol. The molecule has 0 bridgehead atoms. The molecule has 8 nitrogen and oxygen atoms in total. The van der Waals surface area contributed by atoms with E-state index in [9.17, 15) is 17.2 Å². The van der Waals surface area contributed by atoms with Crippen molar-refractivity contribution in [2.24, 2.45) is 0 Å². The van der Waals surface area contributed by atoms with Crippen molar-refractivity contribution in [2.75, 3.05) is 13.1 Å². The smallest absolute Gasteiger partial charge is 0.236 e. The molecule has 4 rings (SSSR count). The molecule has 3 aromatic heterocycles. The first-order chi connectivity index (χ1) is 13.3. The Bertz CT molecular complexity index is 1120. The summed E-state index contributed by atoms with van der Waals surface area (Å²) in [5.74, 6) is 0.128. The number of hydrogen-bond donors (Lipinski definition) is 0. The second kappa shape index (κ2) is 6.89. The van der Waals surface area contributed by atoms with Gasteiger partial charge in [-0.3, -0.25) is 0 Å². The van der Waals surface area contributed by atoms with Crippen LogP contribution in [0.3, 0.4) is 0 Å². The van der Waals surface area contributed by atoms with E-state index in [1.54, 1.807) is 16.9 Å². The van der Waals surface area contributed by atoms with Crippen molar-refractivity contribution >= 4 is 15.7 Å². The van der Waals surface area contributed by atoms with Crippen LogP contribution >= 0.6 is 0 Å². The molecule has 11 heteroatoms. The topological polar surface area (TPSA) is 85.4 Å². The van der Waals surface area contributed by atoms with Gasteiger partial charge in [0.15, 0.2) is 5.65 Å². The zero-order valence-electron chi connectivity index (χ0n) is 15.5. The van der Waals surface area contributed by atoms with E-state index in [0.29, 0.717) is 30.6 Å². The van der Waals surface area contributed by atoms with E-state index in [4.69, 9.17) is 0 Å². The monoisotopic (exact) mass is 410 g/mol. The van der Waals surface area contributed by atoms with Crippen LogP contribution in [0.1, 0.15) is 42.3 Å². The van der Waals surface area contributed by atoms with Gasteiger partial charge in [0.05, 0.1) is 17.6 Å². The van der Waals surface area contributed by atoms with Gasteiger partial charge >= 0.3 is 6.55 Å². The van der Waals surface area contributed by atoms with E-state index in [-0.39, 0.29) is 16.5 Å². The number of sulfonamides is 1. The fourth-order valence-corrected chi connectivity index (χ4v) is 5.35. The first-order valence-corrected chi connectivity index (χ1v) is 10.4. The summed E-state index contributed by atoms with van der Waals surface area (Å²) in [4.78, 5) is 4.05. The van der Waals surface area contributed by atoms with Gasteiger partial charge in [-0.25, -0.2) is 22.6 Å². The Morgan fingerprint density at radius 2 is 1.93 bits per heavy atom. The number of imidazole rings is 1. The van der Waals surface area contributed by atoms with E-state index in [2.05, 4.69) is 15.2 Å². The number of aromatic nitrogens is 5. The Morgan fingerprint density at radius 1 is 1.21 bits per heavy atom. The highest BCUT2D eigenvalue weighted by molar-refractivity contribution is 7.89. The molecule has 0 spiro atoms. The standard InChI is InChI=1S/C17H20F2N6O2S/c1-11-9-15-20-5-8-24(15)22-16(11)13-3-6-23(7-4-13)28(26,27)14-10-21-25(12(14)2)17(18)19/h5,8-10,13,17H,3-4,6-7H2,1-2H3. The molecular weight excluding hydrogens is 390 g/mol. The largest absolute Gasteiger partial charge is 0.333 e. The SMILES string of the molecule is Cc1cc2nccn2nc1C1CCN(S(=O)(=O)c2cnn(C(F)F)c2C)CC1. The molecule has 150 valence electrons. The third-order valence-electron chi connectivity index (χ3n) is 5.26. The van der Waals surface area contributed by atoms with Crippen molar-refractivity contribution in [3.63, 3.8) is 0 Å². The van der Waals surface area contributed by atoms with E-state index in [1.165, 1.54) is 11.2 Å². The molecule has 1 aliphatic heterocycles. The lowest BCUT2D eigenvalue weighted by molar-refractivity contribution is 0.0541. The van der Waals surface area contributed by atoms with Crippen molar-refractivity contribution in [3.8, 4) is 0 Å². The average Bonchev–Trinajstić information content (AvgIpc) is 3.27. The summed E-state index contributed by atoms with van der Waals surface area (Å²) in [7, 11) is -3.87. The van der Waals surface area contributed by atoms with Gasteiger partial charge in [0, 0.05) is 31.4 Å². The van der Waals surface area contributed by atoms with Crippen LogP contribution in [0.15, 0.2) is 29.6 Å². The van der Waals surface area contributed by atoms with Gasteiger partial charge in [-0.2, -0.15) is 23.3 Å². The summed E-state index contributed by atoms with van der Waals surface area (Å²) >= 11 is 0. The molecular formula is C17H20F2N6O2S. The lowest BCUT2D eigenvalue weighted by atomic mass is 9.92. The first-order valence-electron chi connectivity index (χ1n) is 8.92. The van der Waals surface area contributed by atoms with Gasteiger partial charge in [0.1, 0.15) is 4.90 Å². The van der Waals surface area contributed by atoms with Crippen molar-refractivity contribution < 1.29 is 17.2 Å². The quantitative estimate of drug-likeness (QED) is 0.660. The minimum Gasteiger partial charge on any atom is -0.236 e. The van der Waals surface area contributed by atoms with E-state index < -0.39 is 16.6 Å². The zero-order valence-corrected chi connectivity index (χ0v) is 16.3. The summed E-state index contributed by atoms with van der Waals surface area (Å²) in [6.45, 7) is 1.04. The number of fused-ring (bicyclic) bond motifs is 1. The van der Waals surface area contributed by atoms with E-state index >= 15 is 0 Å². The van der Waals surface area contributed by atoms with Gasteiger partial charge in [-0.1, -0.05) is 0 Å². The molecule has 28 heavy (non-hydrogen) atoms. The van der Waals surface area contributed by atoms with Crippen molar-refractivity contribution in [2.45, 2.75) is 44.1 Å². The molecule has 0 aliphatic carbocycles. The van der Waals surface area contributed by atoms with Gasteiger partial charge in [0.25, 0.3) is 0 Å². The molecule has 0 N–H and O–H groups in total. The van der Waals surface area contributed by atoms with Crippen LogP contribution in [0.5, 0.6) is 0 Å². The second-order valence-corrected chi connectivity index (χ2v) is 8.84. The first kappa shape index (κ1) is 18.9. The fraction of sp³-hybridized carbons (Fsp3) is 0.471. The predicted molar refractivity (Wildman–Crippen MR) is 96.7 cm³/mol. The minimum absolute atomic E-state index is 0.0554. The van der Waals surface area contributed by atoms with Crippen LogP contribution in [0, 0.1) is 13.8 Å². The Morgan fingerprint density at radius 3 is 2.57 bits per heavy atom. The molecule has 3 aromatic rings. The number of alkyl halides is 2. The van der Waals surface area contributed by atoms with Crippen molar-refractivity contribution in [1.82, 2.24) is 28.7 Å². The van der Waals surface area contributed by atoms with Gasteiger partial charge < -0.3 is 0 Å². The molecule has 1 fully saturated rings. The minimum atomic E-state index is -3.87. The van der Waals surface area contributed by atoms with Crippen LogP contribution in [-0.2, 0) is 10.0 Å². The Balaban J connectivity index is 1.54. The highest BCUT2D eigenvalue weighted by Gasteiger charge is 2.34. The Kier molecular flexibility index (Phi) is 4.66. The normalized spacial score (nSPS) is 17.0. The van der Waals surface area contributed by atoms with Crippen molar-refractivity contribution in [3.05, 3.63) is 41.6 Å². The van der Waals surface area contributed by atoms with Crippen LogP contribution in [-0.4, -0.2) is 50.2 Å². The molecule has 0 saturated carbocycles. The van der Waals surface area contributed by atoms with Gasteiger partial charge in [-0.15, -0.1) is 0 Å². The Labute approximate surface area is 160 Å². The van der Waals surface area contributed by atoms with E-state index in [1.807, 2.05) is 13.0 Å². The number of hydrogen-bond acceptors (Lipinski definition) is 5. The summed E-state index contributed by atoms with van der Waals surface area (Å²) in [5, 5.41) is 8.15. The zero-order chi connectivity index (χ0) is 20.1. The second-order valence-electron chi connectivity index (χ2n) is 6.94. The maximum atomic E-state index is 12.9. The molecule has 1 saturated heterocycles. The maximum absolute atomic E-state index is 12.9. The lowest BCUT2D eigenvalue weighted by Gasteiger charge is -2.31. The summed E-state index contributed by atoms with van der Waals surface area (Å²) in [5.41, 5.74) is 2.67. The van der Waals surface area contributed by atoms with E-state index in [0.717, 1.165) is 23.1 Å². The number of aryl methyl sites for hydroxylation is 1. The summed E-state index contributed by atoms with van der Waals surface area (Å²) < 4.78 is 55.1. The van der Waals surface area contributed by atoms with Crippen molar-refractivity contribution in [1.29, 1.82) is 0 Å². The van der Waals surface area contributed by atoms with Gasteiger partial charge in [-0.05, 0) is 38.3 Å². The highest BCUT2D eigenvalue weighted by atomic mass is 32.2. The Hall–Kier alpha value is -2.40. The fourth-order valence-electron chi connectivity index (χ4n) is 3.73. The van der Waals surface area contributed by atoms with Crippen LogP contribution in [0.2, 0.25) is 0 Å². The summed E-state index contributed by atoms with van der Waals surface area (Å²) in [6.07, 6.45) is 5.68. The predicted octanol–water partition coefficient (Wildman–Crippen LogP) is 2.51. The number of halogens is 2. The number of nitrogens with zero attached hydrogens (tertiary/aromatic N) is 6. The van der Waals surface area contributed by atoms with Gasteiger partial charge in [0.2, 0.25) is 10.0 Å². The van der Waals surface area contributed by atoms with Crippen LogP contribution in [0.25, 0.3) is 5.65 Å². The number of rotatable bonds is 4. The molecule has 4 heterocycles. The third-order valence-corrected chi connectivity index (χ3v) is 7.26. The molecule has 1 aliphatic rings. The van der Waals surface area contributed by atoms with Crippen LogP contribution < -0.4 is 0 Å². The molecule has 0 aromatic carbocycles.